The predicted octanol–water partition coefficient (Wildman–Crippen LogP) is -15.1. The molecule has 7 heterocycles. The second-order valence-electron chi connectivity index (χ2n) is 20.2. The Morgan fingerprint density at radius 1 is 0.259 bits per heavy atom. The van der Waals surface area contributed by atoms with Crippen molar-refractivity contribution in [2.75, 3.05) is 52.9 Å². The molecule has 22 N–H and O–H groups in total. The average molecular weight is 1190 g/mol. The predicted molar refractivity (Wildman–Crippen MR) is 246 cm³/mol. The number of rotatable bonds is 22. The fraction of sp³-hybridized carbons (Fsp3) is 0.956. The minimum absolute atomic E-state index is 0.229. The van der Waals surface area contributed by atoms with E-state index in [1.807, 2.05) is 0 Å². The summed E-state index contributed by atoms with van der Waals surface area (Å²) in [4.78, 5) is 0. The van der Waals surface area contributed by atoms with Crippen molar-refractivity contribution < 1.29 is 179 Å². The van der Waals surface area contributed by atoms with E-state index in [1.54, 1.807) is 0 Å². The zero-order valence-corrected chi connectivity index (χ0v) is 42.7. The maximum absolute atomic E-state index is 12.0. The highest BCUT2D eigenvalue weighted by Crippen LogP contribution is 2.37. The first-order valence-electron chi connectivity index (χ1n) is 25.7. The Bertz CT molecular complexity index is 1900. The van der Waals surface area contributed by atoms with Crippen LogP contribution in [0, 0.1) is 0 Å². The van der Waals surface area contributed by atoms with Gasteiger partial charge in [-0.1, -0.05) is 6.08 Å². The molecule has 0 spiro atoms. The Morgan fingerprint density at radius 3 is 0.778 bits per heavy atom. The van der Waals surface area contributed by atoms with Gasteiger partial charge in [0.25, 0.3) is 0 Å². The van der Waals surface area contributed by atoms with Crippen LogP contribution in [0.1, 0.15) is 0 Å². The summed E-state index contributed by atoms with van der Waals surface area (Å²) in [5.74, 6) is 0. The fourth-order valence-corrected chi connectivity index (χ4v) is 10.1. The molecular formula is C45H76O36. The van der Waals surface area contributed by atoms with Crippen LogP contribution in [0.5, 0.6) is 0 Å². The number of aliphatic hydroxyl groups is 22. The van der Waals surface area contributed by atoms with Crippen molar-refractivity contribution in [2.45, 2.75) is 215 Å². The van der Waals surface area contributed by atoms with E-state index in [1.165, 1.54) is 6.08 Å². The van der Waals surface area contributed by atoms with Crippen LogP contribution in [0.25, 0.3) is 0 Å². The molecule has 0 amide bonds. The third-order valence-electron chi connectivity index (χ3n) is 14.9. The third-order valence-corrected chi connectivity index (χ3v) is 14.9. The molecule has 0 aliphatic carbocycles. The SMILES string of the molecule is C=CCO[C@H]1O[C@H](CO)[C@@H](O)[C@H](O[C@@H]2O[C@H](CO[C@@H]3O[C@H](CO)[C@@H](O)[C@H](O)[C@H]3O)[C@@H](O)[C@H](O[C@@H]3O[C@H](CO)[C@@H](O)[C@H](O[C@@H]4O[C@H](CO[C@@H]5O[C@H](CO)[C@@H](O)[C@H](O)[C@H]5O)[C@@H](O)[C@H](O[C@@H]5O[C@H](CO)[C@@H](O)[C@H](O)[C@H]5O)[C@H]4O)[C@H]3O)[C@H]2O)[C@H]1O. The van der Waals surface area contributed by atoms with Crippen LogP contribution >= 0.6 is 0 Å². The molecule has 0 bridgehead atoms. The first-order chi connectivity index (χ1) is 38.5. The summed E-state index contributed by atoms with van der Waals surface area (Å²) in [6.45, 7) is -3.31. The Morgan fingerprint density at radius 2 is 0.481 bits per heavy atom. The summed E-state index contributed by atoms with van der Waals surface area (Å²) >= 11 is 0. The summed E-state index contributed by atoms with van der Waals surface area (Å²) in [5.41, 5.74) is 0. The van der Waals surface area contributed by atoms with E-state index >= 15 is 0 Å². The van der Waals surface area contributed by atoms with Crippen molar-refractivity contribution in [1.82, 2.24) is 0 Å². The average Bonchev–Trinajstić information content (AvgIpc) is 3.66. The van der Waals surface area contributed by atoms with E-state index in [0.717, 1.165) is 0 Å². The van der Waals surface area contributed by atoms with E-state index in [0.29, 0.717) is 0 Å². The first kappa shape index (κ1) is 66.8. The standard InChI is InChI=1S/C45H76O36/c1-2-3-68-41-31(64)35(21(54)14(7-49)73-41)79-44-34(67)38(24(57)17(76-44)10-70-40-29(62)26(59)19(52)12(5-47)72-40)81-43-32(65)36(22(55)15(8-50)75-43)80-45-33(66)37(78-42-30(63)27(60)20(53)13(6-48)74-42)23(56)16(77-45)9-69-39-28(61)25(58)18(51)11(4-46)71-39/h2,11-67H,1,3-10H2/t11-,12-,13-,14-,15-,16-,17-,18-,19-,20-,21-,22-,23-,24-,25+,26+,27+,28-,29-,30-,31-,32-,33-,34-,35+,36+,37+,38+,39-,40-,41+,42+,43+,44+,45+/m1/s1. The molecule has 0 saturated carbocycles. The van der Waals surface area contributed by atoms with Gasteiger partial charge in [0, 0.05) is 0 Å². The molecule has 7 rings (SSSR count). The topological polar surface area (TPSA) is 574 Å². The van der Waals surface area contributed by atoms with Gasteiger partial charge < -0.3 is 179 Å². The van der Waals surface area contributed by atoms with Gasteiger partial charge in [0.15, 0.2) is 44.0 Å². The van der Waals surface area contributed by atoms with Crippen LogP contribution < -0.4 is 0 Å². The van der Waals surface area contributed by atoms with Gasteiger partial charge in [-0.05, 0) is 0 Å². The van der Waals surface area contributed by atoms with E-state index in [4.69, 9.17) is 66.3 Å². The van der Waals surface area contributed by atoms with Gasteiger partial charge in [-0.25, -0.2) is 0 Å². The molecule has 7 saturated heterocycles. The number of aliphatic hydroxyl groups excluding tert-OH is 22. The summed E-state index contributed by atoms with van der Waals surface area (Å²) in [6.07, 6.45) is -67.9. The lowest BCUT2D eigenvalue weighted by atomic mass is 9.95. The summed E-state index contributed by atoms with van der Waals surface area (Å²) in [5, 5.41) is 237. The number of ether oxygens (including phenoxy) is 14. The Kier molecular flexibility index (Phi) is 24.2. The van der Waals surface area contributed by atoms with Crippen LogP contribution in [0.3, 0.4) is 0 Å². The molecule has 81 heavy (non-hydrogen) atoms. The molecule has 35 atom stereocenters. The second-order valence-corrected chi connectivity index (χ2v) is 20.2. The normalized spacial score (nSPS) is 51.9. The molecule has 36 heteroatoms. The van der Waals surface area contributed by atoms with Crippen LogP contribution in [0.15, 0.2) is 12.7 Å². The highest BCUT2D eigenvalue weighted by atomic mass is 16.8. The lowest BCUT2D eigenvalue weighted by Gasteiger charge is -2.50. The van der Waals surface area contributed by atoms with Gasteiger partial charge in [0.05, 0.1) is 52.9 Å². The molecule has 7 aliphatic rings. The minimum atomic E-state index is -2.39. The van der Waals surface area contributed by atoms with Crippen molar-refractivity contribution in [3.05, 3.63) is 12.7 Å². The molecule has 0 aromatic carbocycles. The molecule has 0 aromatic rings. The molecule has 7 aliphatic heterocycles. The largest absolute Gasteiger partial charge is 0.394 e. The van der Waals surface area contributed by atoms with Crippen molar-refractivity contribution >= 4 is 0 Å². The van der Waals surface area contributed by atoms with Gasteiger partial charge in [-0.2, -0.15) is 0 Å². The summed E-state index contributed by atoms with van der Waals surface area (Å²) in [6, 6.07) is 0. The maximum atomic E-state index is 12.0. The van der Waals surface area contributed by atoms with Crippen molar-refractivity contribution in [3.8, 4) is 0 Å². The van der Waals surface area contributed by atoms with Crippen molar-refractivity contribution in [1.29, 1.82) is 0 Å². The molecule has 36 nitrogen and oxygen atoms in total. The van der Waals surface area contributed by atoms with E-state index in [2.05, 4.69) is 6.58 Å². The Balaban J connectivity index is 1.16. The van der Waals surface area contributed by atoms with Gasteiger partial charge in [0.1, 0.15) is 171 Å². The van der Waals surface area contributed by atoms with E-state index in [-0.39, 0.29) is 6.61 Å². The fourth-order valence-electron chi connectivity index (χ4n) is 10.1. The van der Waals surface area contributed by atoms with Gasteiger partial charge >= 0.3 is 0 Å². The minimum Gasteiger partial charge on any atom is -0.394 e. The maximum Gasteiger partial charge on any atom is 0.187 e. The van der Waals surface area contributed by atoms with Gasteiger partial charge in [-0.3, -0.25) is 0 Å². The quantitative estimate of drug-likeness (QED) is 0.0448. The van der Waals surface area contributed by atoms with E-state index < -0.39 is 261 Å². The highest BCUT2D eigenvalue weighted by Gasteiger charge is 2.58. The van der Waals surface area contributed by atoms with Crippen molar-refractivity contribution in [2.24, 2.45) is 0 Å². The van der Waals surface area contributed by atoms with Gasteiger partial charge in [-0.15, -0.1) is 6.58 Å². The first-order valence-corrected chi connectivity index (χ1v) is 25.7. The molecule has 0 aromatic heterocycles. The summed E-state index contributed by atoms with van der Waals surface area (Å²) < 4.78 is 79.0. The third kappa shape index (κ3) is 14.3. The van der Waals surface area contributed by atoms with Crippen LogP contribution in [0.4, 0.5) is 0 Å². The molecule has 7 fully saturated rings. The van der Waals surface area contributed by atoms with Gasteiger partial charge in [0.2, 0.25) is 0 Å². The van der Waals surface area contributed by atoms with Crippen molar-refractivity contribution in [3.63, 3.8) is 0 Å². The highest BCUT2D eigenvalue weighted by molar-refractivity contribution is 5.00. The Hall–Kier alpha value is -1.70. The lowest BCUT2D eigenvalue weighted by molar-refractivity contribution is -0.398. The summed E-state index contributed by atoms with van der Waals surface area (Å²) in [7, 11) is 0. The van der Waals surface area contributed by atoms with Crippen LogP contribution in [-0.4, -0.2) is 380 Å². The van der Waals surface area contributed by atoms with Crippen LogP contribution in [0.2, 0.25) is 0 Å². The monoisotopic (exact) mass is 1190 g/mol. The number of hydrogen-bond donors (Lipinski definition) is 22. The van der Waals surface area contributed by atoms with Crippen LogP contribution in [-0.2, 0) is 66.3 Å². The smallest absolute Gasteiger partial charge is 0.187 e. The molecule has 0 radical (unpaired) electrons. The molecule has 0 unspecified atom stereocenters. The number of hydrogen-bond acceptors (Lipinski definition) is 36. The van der Waals surface area contributed by atoms with E-state index in [9.17, 15) is 112 Å². The second kappa shape index (κ2) is 29.3. The zero-order valence-electron chi connectivity index (χ0n) is 42.7. The Labute approximate surface area is 458 Å². The lowest BCUT2D eigenvalue weighted by Crippen LogP contribution is -2.68. The zero-order chi connectivity index (χ0) is 59.5. The molecular weight excluding hydrogens is 1120 g/mol. The molecule has 472 valence electrons.